The molecule has 1 spiro atoms. The van der Waals surface area contributed by atoms with Crippen LogP contribution in [0.2, 0.25) is 0 Å². The molecule has 1 aromatic carbocycles. The topological polar surface area (TPSA) is 34.6 Å². The fraction of sp³-hybridized carbons (Fsp3) is 0.500. The first-order valence-electron chi connectivity index (χ1n) is 9.95. The van der Waals surface area contributed by atoms with Crippen molar-refractivity contribution in [1.82, 2.24) is 9.88 Å². The number of nitrogens with zero attached hydrogens (tertiary/aromatic N) is 2. The number of piperidine rings is 1. The highest BCUT2D eigenvalue weighted by atomic mass is 16.5. The molecule has 4 heteroatoms. The van der Waals surface area contributed by atoms with E-state index in [4.69, 9.17) is 9.47 Å². The van der Waals surface area contributed by atoms with Crippen LogP contribution < -0.4 is 9.47 Å². The van der Waals surface area contributed by atoms with Gasteiger partial charge in [0.15, 0.2) is 0 Å². The van der Waals surface area contributed by atoms with Gasteiger partial charge in [0.25, 0.3) is 0 Å². The molecular weight excluding hydrogens is 324 g/mol. The molecule has 2 aliphatic heterocycles. The minimum atomic E-state index is 0.0522. The van der Waals surface area contributed by atoms with Gasteiger partial charge < -0.3 is 14.4 Å². The highest BCUT2D eigenvalue weighted by Crippen LogP contribution is 2.42. The van der Waals surface area contributed by atoms with Gasteiger partial charge in [-0.15, -0.1) is 0 Å². The van der Waals surface area contributed by atoms with E-state index in [0.717, 1.165) is 43.2 Å². The lowest BCUT2D eigenvalue weighted by Gasteiger charge is -2.48. The van der Waals surface area contributed by atoms with E-state index in [9.17, 15) is 0 Å². The first-order valence-corrected chi connectivity index (χ1v) is 9.95. The lowest BCUT2D eigenvalue weighted by atomic mass is 9.81. The van der Waals surface area contributed by atoms with Crippen LogP contribution in [0.4, 0.5) is 0 Å². The Kier molecular flexibility index (Phi) is 4.08. The van der Waals surface area contributed by atoms with E-state index < -0.39 is 0 Å². The number of hydrogen-bond acceptors (Lipinski definition) is 4. The molecule has 26 heavy (non-hydrogen) atoms. The van der Waals surface area contributed by atoms with Crippen LogP contribution in [0.3, 0.4) is 0 Å². The minimum absolute atomic E-state index is 0.0522. The Bertz CT molecular complexity index is 765. The summed E-state index contributed by atoms with van der Waals surface area (Å²) in [5.41, 5.74) is 1.31. The Labute approximate surface area is 155 Å². The van der Waals surface area contributed by atoms with Crippen molar-refractivity contribution in [3.8, 4) is 17.4 Å². The molecule has 1 aromatic heterocycles. The smallest absolute Gasteiger partial charge is 0.219 e. The first kappa shape index (κ1) is 16.1. The molecule has 2 aromatic rings. The fourth-order valence-corrected chi connectivity index (χ4v) is 4.49. The van der Waals surface area contributed by atoms with Crippen LogP contribution in [0.25, 0.3) is 0 Å². The summed E-state index contributed by atoms with van der Waals surface area (Å²) >= 11 is 0. The van der Waals surface area contributed by atoms with Crippen LogP contribution in [0.1, 0.15) is 44.1 Å². The SMILES string of the molecule is c1ccc(Oc2ccc3c(c2)CCC2(CCN(C4CCC4)CC2)O3)nc1. The van der Waals surface area contributed by atoms with Crippen molar-refractivity contribution in [2.45, 2.75) is 56.6 Å². The molecule has 2 fully saturated rings. The number of pyridine rings is 1. The third-order valence-electron chi connectivity index (χ3n) is 6.37. The molecule has 0 radical (unpaired) electrons. The lowest BCUT2D eigenvalue weighted by Crippen LogP contribution is -2.53. The van der Waals surface area contributed by atoms with Gasteiger partial charge in [0.2, 0.25) is 5.88 Å². The average Bonchev–Trinajstić information content (AvgIpc) is 2.63. The van der Waals surface area contributed by atoms with Crippen molar-refractivity contribution in [1.29, 1.82) is 0 Å². The predicted octanol–water partition coefficient (Wildman–Crippen LogP) is 4.59. The van der Waals surface area contributed by atoms with Gasteiger partial charge >= 0.3 is 0 Å². The Morgan fingerprint density at radius 1 is 1.08 bits per heavy atom. The van der Waals surface area contributed by atoms with E-state index >= 15 is 0 Å². The molecule has 0 unspecified atom stereocenters. The molecule has 136 valence electrons. The summed E-state index contributed by atoms with van der Waals surface area (Å²) in [6, 6.07) is 12.7. The highest BCUT2D eigenvalue weighted by Gasteiger charge is 2.41. The second kappa shape index (κ2) is 6.58. The lowest BCUT2D eigenvalue weighted by molar-refractivity contribution is -0.0337. The van der Waals surface area contributed by atoms with Crippen molar-refractivity contribution >= 4 is 0 Å². The molecule has 3 aliphatic rings. The number of benzene rings is 1. The van der Waals surface area contributed by atoms with Gasteiger partial charge in [0, 0.05) is 31.4 Å². The van der Waals surface area contributed by atoms with Gasteiger partial charge in [-0.1, -0.05) is 12.5 Å². The van der Waals surface area contributed by atoms with E-state index in [-0.39, 0.29) is 5.60 Å². The number of fused-ring (bicyclic) bond motifs is 1. The summed E-state index contributed by atoms with van der Waals surface area (Å²) in [5.74, 6) is 2.51. The Morgan fingerprint density at radius 3 is 2.69 bits per heavy atom. The van der Waals surface area contributed by atoms with Crippen molar-refractivity contribution in [3.63, 3.8) is 0 Å². The molecule has 0 bridgehead atoms. The molecule has 4 nitrogen and oxygen atoms in total. The number of hydrogen-bond donors (Lipinski definition) is 0. The maximum absolute atomic E-state index is 6.55. The van der Waals surface area contributed by atoms with Gasteiger partial charge in [-0.3, -0.25) is 0 Å². The zero-order chi connectivity index (χ0) is 17.4. The fourth-order valence-electron chi connectivity index (χ4n) is 4.49. The third kappa shape index (κ3) is 3.07. The predicted molar refractivity (Wildman–Crippen MR) is 101 cm³/mol. The van der Waals surface area contributed by atoms with E-state index in [0.29, 0.717) is 5.88 Å². The van der Waals surface area contributed by atoms with Crippen LogP contribution in [0, 0.1) is 0 Å². The van der Waals surface area contributed by atoms with E-state index in [2.05, 4.69) is 22.0 Å². The number of aromatic nitrogens is 1. The standard InChI is InChI=1S/C22H26N2O2/c1-2-13-23-21(6-1)25-19-7-8-20-17(16-19)9-10-22(26-20)11-14-24(15-12-22)18-4-3-5-18/h1-2,6-8,13,16,18H,3-5,9-12,14-15H2. The summed E-state index contributed by atoms with van der Waals surface area (Å²) in [4.78, 5) is 6.92. The average molecular weight is 350 g/mol. The monoisotopic (exact) mass is 350 g/mol. The molecule has 0 N–H and O–H groups in total. The number of ether oxygens (including phenoxy) is 2. The van der Waals surface area contributed by atoms with Crippen molar-refractivity contribution < 1.29 is 9.47 Å². The Hall–Kier alpha value is -2.07. The van der Waals surface area contributed by atoms with Crippen LogP contribution >= 0.6 is 0 Å². The molecule has 5 rings (SSSR count). The maximum atomic E-state index is 6.55. The molecule has 0 atom stereocenters. The van der Waals surface area contributed by atoms with Crippen LogP contribution in [-0.2, 0) is 6.42 Å². The van der Waals surface area contributed by atoms with E-state index in [1.165, 1.54) is 37.9 Å². The minimum Gasteiger partial charge on any atom is -0.487 e. The van der Waals surface area contributed by atoms with Crippen molar-refractivity contribution in [2.24, 2.45) is 0 Å². The van der Waals surface area contributed by atoms with E-state index in [1.807, 2.05) is 24.3 Å². The van der Waals surface area contributed by atoms with Crippen molar-refractivity contribution in [2.75, 3.05) is 13.1 Å². The molecule has 0 amide bonds. The molecular formula is C22H26N2O2. The summed E-state index contributed by atoms with van der Waals surface area (Å²) in [7, 11) is 0. The van der Waals surface area contributed by atoms with Gasteiger partial charge in [0.05, 0.1) is 0 Å². The Morgan fingerprint density at radius 2 is 1.96 bits per heavy atom. The molecule has 1 saturated carbocycles. The Balaban J connectivity index is 1.26. The maximum Gasteiger partial charge on any atom is 0.219 e. The van der Waals surface area contributed by atoms with Crippen LogP contribution in [0.5, 0.6) is 17.4 Å². The van der Waals surface area contributed by atoms with Gasteiger partial charge in [0.1, 0.15) is 17.1 Å². The summed E-state index contributed by atoms with van der Waals surface area (Å²) in [5, 5.41) is 0. The summed E-state index contributed by atoms with van der Waals surface area (Å²) < 4.78 is 12.4. The quantitative estimate of drug-likeness (QED) is 0.811. The third-order valence-corrected chi connectivity index (χ3v) is 6.37. The second-order valence-corrected chi connectivity index (χ2v) is 7.95. The zero-order valence-electron chi connectivity index (χ0n) is 15.2. The number of likely N-dealkylation sites (tertiary alicyclic amines) is 1. The van der Waals surface area contributed by atoms with Crippen molar-refractivity contribution in [3.05, 3.63) is 48.2 Å². The van der Waals surface area contributed by atoms with Gasteiger partial charge in [-0.05, 0) is 68.4 Å². The van der Waals surface area contributed by atoms with Crippen LogP contribution in [-0.4, -0.2) is 34.6 Å². The zero-order valence-corrected chi connectivity index (χ0v) is 15.2. The second-order valence-electron chi connectivity index (χ2n) is 7.95. The van der Waals surface area contributed by atoms with Crippen LogP contribution in [0.15, 0.2) is 42.6 Å². The van der Waals surface area contributed by atoms with Gasteiger partial charge in [-0.25, -0.2) is 4.98 Å². The first-order chi connectivity index (χ1) is 12.8. The molecule has 1 saturated heterocycles. The number of aryl methyl sites for hydroxylation is 1. The molecule has 1 aliphatic carbocycles. The van der Waals surface area contributed by atoms with Gasteiger partial charge in [-0.2, -0.15) is 0 Å². The van der Waals surface area contributed by atoms with E-state index in [1.54, 1.807) is 6.20 Å². The number of rotatable bonds is 3. The highest BCUT2D eigenvalue weighted by molar-refractivity contribution is 5.43. The molecule has 3 heterocycles. The summed E-state index contributed by atoms with van der Waals surface area (Å²) in [6.07, 6.45) is 10.5. The summed E-state index contributed by atoms with van der Waals surface area (Å²) in [6.45, 7) is 2.39. The normalized spacial score (nSPS) is 22.3. The largest absolute Gasteiger partial charge is 0.487 e.